The van der Waals surface area contributed by atoms with Gasteiger partial charge in [-0.15, -0.1) is 24.0 Å². The fourth-order valence-electron chi connectivity index (χ4n) is 1.81. The molecule has 0 saturated heterocycles. The molecule has 0 aliphatic heterocycles. The number of ether oxygens (including phenoxy) is 1. The van der Waals surface area contributed by atoms with Gasteiger partial charge in [0, 0.05) is 19.7 Å². The van der Waals surface area contributed by atoms with Gasteiger partial charge < -0.3 is 24.9 Å². The fraction of sp³-hybridized carbons (Fsp3) is 0.750. The summed E-state index contributed by atoms with van der Waals surface area (Å²) < 4.78 is 10.9. The molecule has 1 rings (SSSR count). The number of guanidine groups is 1. The van der Waals surface area contributed by atoms with E-state index in [9.17, 15) is 5.11 Å². The number of rotatable bonds is 9. The van der Waals surface area contributed by atoms with Gasteiger partial charge in [-0.3, -0.25) is 0 Å². The summed E-state index contributed by atoms with van der Waals surface area (Å²) in [6, 6.07) is 0. The molecule has 140 valence electrons. The quantitative estimate of drug-likeness (QED) is 0.301. The molecule has 0 fully saturated rings. The minimum absolute atomic E-state index is 0. The Kier molecular flexibility index (Phi) is 12.0. The highest BCUT2D eigenvalue weighted by molar-refractivity contribution is 14.0. The summed E-state index contributed by atoms with van der Waals surface area (Å²) in [5.74, 6) is 2.47. The predicted octanol–water partition coefficient (Wildman–Crippen LogP) is 2.00. The molecule has 8 heteroatoms. The predicted molar refractivity (Wildman–Crippen MR) is 106 cm³/mol. The highest BCUT2D eigenvalue weighted by atomic mass is 127. The van der Waals surface area contributed by atoms with Crippen LogP contribution in [0.5, 0.6) is 0 Å². The first-order valence-corrected chi connectivity index (χ1v) is 8.13. The molecular weight excluding hydrogens is 423 g/mol. The van der Waals surface area contributed by atoms with Crippen LogP contribution < -0.4 is 10.6 Å². The van der Waals surface area contributed by atoms with Crippen molar-refractivity contribution >= 4 is 29.9 Å². The van der Waals surface area contributed by atoms with Crippen LogP contribution in [-0.2, 0) is 11.3 Å². The van der Waals surface area contributed by atoms with Gasteiger partial charge in [0.2, 0.25) is 5.89 Å². The Morgan fingerprint density at radius 2 is 2.00 bits per heavy atom. The van der Waals surface area contributed by atoms with Gasteiger partial charge in [0.15, 0.2) is 5.96 Å². The lowest BCUT2D eigenvalue weighted by Gasteiger charge is -2.15. The summed E-state index contributed by atoms with van der Waals surface area (Å²) in [6.45, 7) is 12.3. The van der Waals surface area contributed by atoms with E-state index in [1.54, 1.807) is 0 Å². The normalized spacial score (nSPS) is 12.9. The second kappa shape index (κ2) is 12.5. The molecule has 1 unspecified atom stereocenters. The van der Waals surface area contributed by atoms with E-state index in [4.69, 9.17) is 9.15 Å². The maximum atomic E-state index is 9.90. The van der Waals surface area contributed by atoms with Crippen molar-refractivity contribution in [2.75, 3.05) is 26.3 Å². The van der Waals surface area contributed by atoms with Gasteiger partial charge >= 0.3 is 0 Å². The SMILES string of the molecule is CCNC(=NCc1nc(C)c(C)o1)NCC(O)COCC(C)C.I. The summed E-state index contributed by atoms with van der Waals surface area (Å²) >= 11 is 0. The highest BCUT2D eigenvalue weighted by Crippen LogP contribution is 2.08. The molecule has 1 aromatic heterocycles. The molecule has 1 aromatic rings. The molecule has 1 heterocycles. The molecule has 0 spiro atoms. The van der Waals surface area contributed by atoms with E-state index in [1.165, 1.54) is 0 Å². The van der Waals surface area contributed by atoms with Crippen LogP contribution in [0.25, 0.3) is 0 Å². The molecule has 0 aliphatic rings. The summed E-state index contributed by atoms with van der Waals surface area (Å²) in [4.78, 5) is 8.70. The summed E-state index contributed by atoms with van der Waals surface area (Å²) in [5.41, 5.74) is 0.880. The van der Waals surface area contributed by atoms with Crippen molar-refractivity contribution in [2.45, 2.75) is 47.3 Å². The molecule has 0 amide bonds. The summed E-state index contributed by atoms with van der Waals surface area (Å²) in [5, 5.41) is 16.1. The largest absolute Gasteiger partial charge is 0.444 e. The molecular formula is C16H31IN4O3. The molecule has 7 nitrogen and oxygen atoms in total. The van der Waals surface area contributed by atoms with Crippen molar-refractivity contribution < 1.29 is 14.3 Å². The van der Waals surface area contributed by atoms with Gasteiger partial charge in [-0.2, -0.15) is 0 Å². The Bertz CT molecular complexity index is 472. The van der Waals surface area contributed by atoms with E-state index < -0.39 is 6.10 Å². The van der Waals surface area contributed by atoms with Crippen LogP contribution in [0.4, 0.5) is 0 Å². The number of aliphatic hydroxyl groups excluding tert-OH is 1. The van der Waals surface area contributed by atoms with Gasteiger partial charge in [0.05, 0.1) is 18.4 Å². The van der Waals surface area contributed by atoms with E-state index >= 15 is 0 Å². The number of oxazole rings is 1. The Morgan fingerprint density at radius 1 is 1.29 bits per heavy atom. The molecule has 0 saturated carbocycles. The van der Waals surface area contributed by atoms with Crippen LogP contribution in [0.3, 0.4) is 0 Å². The van der Waals surface area contributed by atoms with E-state index in [2.05, 4.69) is 34.5 Å². The van der Waals surface area contributed by atoms with Crippen LogP contribution >= 0.6 is 24.0 Å². The Hall–Kier alpha value is -0.870. The molecule has 1 atom stereocenters. The highest BCUT2D eigenvalue weighted by Gasteiger charge is 2.08. The van der Waals surface area contributed by atoms with Crippen LogP contribution in [-0.4, -0.2) is 48.5 Å². The maximum Gasteiger partial charge on any atom is 0.216 e. The van der Waals surface area contributed by atoms with Crippen LogP contribution in [0.15, 0.2) is 9.41 Å². The van der Waals surface area contributed by atoms with Gasteiger partial charge in [-0.25, -0.2) is 9.98 Å². The number of nitrogens with zero attached hydrogens (tertiary/aromatic N) is 2. The summed E-state index contributed by atoms with van der Waals surface area (Å²) in [7, 11) is 0. The van der Waals surface area contributed by atoms with Crippen molar-refractivity contribution in [3.8, 4) is 0 Å². The lowest BCUT2D eigenvalue weighted by molar-refractivity contribution is 0.0280. The zero-order valence-electron chi connectivity index (χ0n) is 15.3. The molecule has 0 radical (unpaired) electrons. The van der Waals surface area contributed by atoms with Gasteiger partial charge in [-0.05, 0) is 26.7 Å². The minimum atomic E-state index is -0.580. The lowest BCUT2D eigenvalue weighted by Crippen LogP contribution is -2.42. The topological polar surface area (TPSA) is 91.9 Å². The van der Waals surface area contributed by atoms with Crippen molar-refractivity contribution in [1.29, 1.82) is 0 Å². The van der Waals surface area contributed by atoms with Crippen molar-refractivity contribution in [3.05, 3.63) is 17.3 Å². The van der Waals surface area contributed by atoms with Crippen LogP contribution in [0.1, 0.15) is 38.1 Å². The third kappa shape index (κ3) is 9.43. The first-order chi connectivity index (χ1) is 10.9. The number of aliphatic imine (C=N–C) groups is 1. The average Bonchev–Trinajstić information content (AvgIpc) is 2.80. The molecule has 0 aliphatic carbocycles. The van der Waals surface area contributed by atoms with Crippen molar-refractivity contribution in [1.82, 2.24) is 15.6 Å². The number of aromatic nitrogens is 1. The number of aryl methyl sites for hydroxylation is 2. The average molecular weight is 454 g/mol. The third-order valence-corrected chi connectivity index (χ3v) is 3.06. The summed E-state index contributed by atoms with van der Waals surface area (Å²) in [6.07, 6.45) is -0.580. The Balaban J connectivity index is 0.00000529. The van der Waals surface area contributed by atoms with Crippen LogP contribution in [0.2, 0.25) is 0 Å². The Morgan fingerprint density at radius 3 is 2.54 bits per heavy atom. The first kappa shape index (κ1) is 23.1. The number of halogens is 1. The number of nitrogens with one attached hydrogen (secondary N) is 2. The van der Waals surface area contributed by atoms with Crippen molar-refractivity contribution in [2.24, 2.45) is 10.9 Å². The molecule has 0 aromatic carbocycles. The van der Waals surface area contributed by atoms with E-state index in [0.29, 0.717) is 44.1 Å². The zero-order chi connectivity index (χ0) is 17.2. The lowest BCUT2D eigenvalue weighted by atomic mass is 10.2. The van der Waals surface area contributed by atoms with Gasteiger partial charge in [0.25, 0.3) is 0 Å². The minimum Gasteiger partial charge on any atom is -0.444 e. The molecule has 3 N–H and O–H groups in total. The fourth-order valence-corrected chi connectivity index (χ4v) is 1.81. The molecule has 24 heavy (non-hydrogen) atoms. The first-order valence-electron chi connectivity index (χ1n) is 8.13. The van der Waals surface area contributed by atoms with E-state index in [-0.39, 0.29) is 24.0 Å². The smallest absolute Gasteiger partial charge is 0.216 e. The van der Waals surface area contributed by atoms with Gasteiger partial charge in [-0.1, -0.05) is 13.8 Å². The monoisotopic (exact) mass is 454 g/mol. The zero-order valence-corrected chi connectivity index (χ0v) is 17.6. The standard InChI is InChI=1S/C16H30N4O3.HI/c1-6-17-16(18-7-14(21)10-22-9-11(2)3)19-8-15-20-12(4)13(5)23-15;/h11,14,21H,6-10H2,1-5H3,(H2,17,18,19);1H. The van der Waals surface area contributed by atoms with Gasteiger partial charge in [0.1, 0.15) is 12.3 Å². The maximum absolute atomic E-state index is 9.90. The number of hydrogen-bond donors (Lipinski definition) is 3. The Labute approximate surface area is 161 Å². The number of aliphatic hydroxyl groups is 1. The number of hydrogen-bond acceptors (Lipinski definition) is 5. The second-order valence-electron chi connectivity index (χ2n) is 5.91. The van der Waals surface area contributed by atoms with E-state index in [0.717, 1.165) is 18.0 Å². The van der Waals surface area contributed by atoms with E-state index in [1.807, 2.05) is 20.8 Å². The molecule has 0 bridgehead atoms. The second-order valence-corrected chi connectivity index (χ2v) is 5.91. The van der Waals surface area contributed by atoms with Crippen LogP contribution in [0, 0.1) is 19.8 Å². The van der Waals surface area contributed by atoms with Crippen molar-refractivity contribution in [3.63, 3.8) is 0 Å². The third-order valence-electron chi connectivity index (χ3n) is 3.06.